The summed E-state index contributed by atoms with van der Waals surface area (Å²) in [7, 11) is 0. The second-order valence-electron chi connectivity index (χ2n) is 3.64. The van der Waals surface area contributed by atoms with Crippen molar-refractivity contribution in [2.24, 2.45) is 0 Å². The number of carbonyl (C=O) groups is 1. The van der Waals surface area contributed by atoms with Gasteiger partial charge >= 0.3 is 5.97 Å². The Bertz CT molecular complexity index is 571. The first kappa shape index (κ1) is 11.8. The highest BCUT2D eigenvalue weighted by molar-refractivity contribution is 6.34. The van der Waals surface area contributed by atoms with Gasteiger partial charge in [0, 0.05) is 12.3 Å². The Balaban J connectivity index is 2.46. The molecule has 2 aromatic rings. The van der Waals surface area contributed by atoms with Crippen LogP contribution in [0.3, 0.4) is 0 Å². The zero-order valence-corrected chi connectivity index (χ0v) is 10.2. The summed E-state index contributed by atoms with van der Waals surface area (Å²) in [4.78, 5) is 19.3. The number of ether oxygens (including phenoxy) is 1. The molecule has 0 aliphatic carbocycles. The summed E-state index contributed by atoms with van der Waals surface area (Å²) in [5.41, 5.74) is 0.738. The number of benzene rings is 1. The third-order valence-electron chi connectivity index (χ3n) is 2.28. The zero-order chi connectivity index (χ0) is 12.4. The molecule has 0 bridgehead atoms. The van der Waals surface area contributed by atoms with Crippen molar-refractivity contribution in [3.8, 4) is 0 Å². The molecule has 1 heterocycles. The number of hydrogen-bond donors (Lipinski definition) is 0. The van der Waals surface area contributed by atoms with Crippen molar-refractivity contribution in [1.29, 1.82) is 0 Å². The lowest BCUT2D eigenvalue weighted by molar-refractivity contribution is -0.146. The van der Waals surface area contributed by atoms with Gasteiger partial charge in [0.1, 0.15) is 5.15 Å². The fraction of sp³-hybridized carbons (Fsp3) is 0.250. The molecule has 0 saturated carbocycles. The molecule has 0 amide bonds. The van der Waals surface area contributed by atoms with E-state index >= 15 is 0 Å². The lowest BCUT2D eigenvalue weighted by Crippen LogP contribution is -2.09. The first-order chi connectivity index (χ1) is 8.08. The van der Waals surface area contributed by atoms with Crippen LogP contribution in [-0.4, -0.2) is 15.9 Å². The van der Waals surface area contributed by atoms with Gasteiger partial charge in [0.25, 0.3) is 0 Å². The SMILES string of the molecule is CC(=O)O[C@@H](C)c1nc(Cl)c2ccccc2n1. The maximum Gasteiger partial charge on any atom is 0.303 e. The van der Waals surface area contributed by atoms with E-state index in [1.165, 1.54) is 6.92 Å². The van der Waals surface area contributed by atoms with Gasteiger partial charge in [-0.3, -0.25) is 4.79 Å². The number of rotatable bonds is 2. The van der Waals surface area contributed by atoms with Crippen LogP contribution in [-0.2, 0) is 9.53 Å². The highest BCUT2D eigenvalue weighted by Gasteiger charge is 2.14. The van der Waals surface area contributed by atoms with Crippen LogP contribution in [0.15, 0.2) is 24.3 Å². The van der Waals surface area contributed by atoms with Gasteiger partial charge < -0.3 is 4.74 Å². The normalized spacial score (nSPS) is 12.4. The second kappa shape index (κ2) is 4.67. The van der Waals surface area contributed by atoms with Gasteiger partial charge in [-0.15, -0.1) is 0 Å². The first-order valence-electron chi connectivity index (χ1n) is 5.17. The molecule has 4 nitrogen and oxygen atoms in total. The molecule has 1 aromatic heterocycles. The summed E-state index contributed by atoms with van der Waals surface area (Å²) in [6.45, 7) is 3.06. The quantitative estimate of drug-likeness (QED) is 0.607. The smallest absolute Gasteiger partial charge is 0.303 e. The Morgan fingerprint density at radius 1 is 1.35 bits per heavy atom. The van der Waals surface area contributed by atoms with E-state index in [0.29, 0.717) is 11.0 Å². The molecule has 1 aromatic carbocycles. The molecule has 88 valence electrons. The molecule has 0 aliphatic heterocycles. The van der Waals surface area contributed by atoms with E-state index in [9.17, 15) is 4.79 Å². The summed E-state index contributed by atoms with van der Waals surface area (Å²) < 4.78 is 5.02. The minimum atomic E-state index is -0.505. The third kappa shape index (κ3) is 2.53. The van der Waals surface area contributed by atoms with Gasteiger partial charge in [-0.1, -0.05) is 23.7 Å². The fourth-order valence-corrected chi connectivity index (χ4v) is 1.78. The topological polar surface area (TPSA) is 52.1 Å². The number of fused-ring (bicyclic) bond motifs is 1. The van der Waals surface area contributed by atoms with Gasteiger partial charge in [-0.2, -0.15) is 0 Å². The molecule has 1 atom stereocenters. The van der Waals surface area contributed by atoms with Crippen molar-refractivity contribution in [3.05, 3.63) is 35.2 Å². The van der Waals surface area contributed by atoms with Crippen LogP contribution in [0.2, 0.25) is 5.15 Å². The fourth-order valence-electron chi connectivity index (χ4n) is 1.54. The van der Waals surface area contributed by atoms with E-state index in [4.69, 9.17) is 16.3 Å². The molecule has 0 unspecified atom stereocenters. The molecule has 0 aliphatic rings. The van der Waals surface area contributed by atoms with Crippen molar-refractivity contribution in [2.75, 3.05) is 0 Å². The van der Waals surface area contributed by atoms with Crippen LogP contribution >= 0.6 is 11.6 Å². The number of esters is 1. The van der Waals surface area contributed by atoms with Gasteiger partial charge in [0.05, 0.1) is 5.52 Å². The minimum absolute atomic E-state index is 0.365. The molecule has 17 heavy (non-hydrogen) atoms. The van der Waals surface area contributed by atoms with Crippen LogP contribution < -0.4 is 0 Å². The molecule has 2 rings (SSSR count). The van der Waals surface area contributed by atoms with Crippen LogP contribution in [0.1, 0.15) is 25.8 Å². The second-order valence-corrected chi connectivity index (χ2v) is 4.00. The highest BCUT2D eigenvalue weighted by Crippen LogP contribution is 2.23. The summed E-state index contributed by atoms with van der Waals surface area (Å²) in [5.74, 6) is 0.0364. The first-order valence-corrected chi connectivity index (χ1v) is 5.55. The summed E-state index contributed by atoms with van der Waals surface area (Å²) in [5, 5.41) is 1.15. The van der Waals surface area contributed by atoms with E-state index in [2.05, 4.69) is 9.97 Å². The summed E-state index contributed by atoms with van der Waals surface area (Å²) in [6, 6.07) is 7.42. The molecular formula is C12H11ClN2O2. The van der Waals surface area contributed by atoms with Gasteiger partial charge in [-0.25, -0.2) is 9.97 Å². The number of aromatic nitrogens is 2. The highest BCUT2D eigenvalue weighted by atomic mass is 35.5. The van der Waals surface area contributed by atoms with Crippen LogP contribution in [0, 0.1) is 0 Å². The van der Waals surface area contributed by atoms with Crippen LogP contribution in [0.25, 0.3) is 10.9 Å². The number of carbonyl (C=O) groups excluding carboxylic acids is 1. The van der Waals surface area contributed by atoms with E-state index < -0.39 is 6.10 Å². The standard InChI is InChI=1S/C12H11ClN2O2/c1-7(17-8(2)16)12-14-10-6-4-3-5-9(10)11(13)15-12/h3-7H,1-2H3/t7-/m0/s1. The average molecular weight is 251 g/mol. The van der Waals surface area contributed by atoms with E-state index in [1.54, 1.807) is 6.92 Å². The molecule has 0 spiro atoms. The number of nitrogens with zero attached hydrogens (tertiary/aromatic N) is 2. The number of para-hydroxylation sites is 1. The van der Waals surface area contributed by atoms with Crippen molar-refractivity contribution >= 4 is 28.5 Å². The van der Waals surface area contributed by atoms with Crippen LogP contribution in [0.5, 0.6) is 0 Å². The van der Waals surface area contributed by atoms with Crippen molar-refractivity contribution < 1.29 is 9.53 Å². The van der Waals surface area contributed by atoms with Gasteiger partial charge in [0.15, 0.2) is 11.9 Å². The maximum absolute atomic E-state index is 10.9. The largest absolute Gasteiger partial charge is 0.455 e. The Kier molecular flexibility index (Phi) is 3.24. The Morgan fingerprint density at radius 2 is 2.06 bits per heavy atom. The van der Waals surface area contributed by atoms with E-state index in [1.807, 2.05) is 24.3 Å². The van der Waals surface area contributed by atoms with Crippen molar-refractivity contribution in [1.82, 2.24) is 9.97 Å². The van der Waals surface area contributed by atoms with Crippen molar-refractivity contribution in [3.63, 3.8) is 0 Å². The van der Waals surface area contributed by atoms with E-state index in [0.717, 1.165) is 10.9 Å². The Morgan fingerprint density at radius 3 is 2.76 bits per heavy atom. The van der Waals surface area contributed by atoms with Gasteiger partial charge in [-0.05, 0) is 19.1 Å². The lowest BCUT2D eigenvalue weighted by Gasteiger charge is -2.11. The number of halogens is 1. The predicted octanol–water partition coefficient (Wildman–Crippen LogP) is 2.91. The molecule has 5 heteroatoms. The monoisotopic (exact) mass is 250 g/mol. The predicted molar refractivity (Wildman–Crippen MR) is 64.7 cm³/mol. The Labute approximate surface area is 104 Å². The minimum Gasteiger partial charge on any atom is -0.455 e. The number of hydrogen-bond acceptors (Lipinski definition) is 4. The molecular weight excluding hydrogens is 240 g/mol. The summed E-state index contributed by atoms with van der Waals surface area (Å²) >= 11 is 6.05. The van der Waals surface area contributed by atoms with Crippen LogP contribution in [0.4, 0.5) is 0 Å². The molecule has 0 saturated heterocycles. The third-order valence-corrected chi connectivity index (χ3v) is 2.57. The van der Waals surface area contributed by atoms with Gasteiger partial charge in [0.2, 0.25) is 0 Å². The maximum atomic E-state index is 10.9. The zero-order valence-electron chi connectivity index (χ0n) is 9.48. The van der Waals surface area contributed by atoms with Crippen molar-refractivity contribution in [2.45, 2.75) is 20.0 Å². The average Bonchev–Trinajstić information content (AvgIpc) is 2.28. The Hall–Kier alpha value is -1.68. The van der Waals surface area contributed by atoms with E-state index in [-0.39, 0.29) is 5.97 Å². The summed E-state index contributed by atoms with van der Waals surface area (Å²) in [6.07, 6.45) is -0.505. The molecule has 0 N–H and O–H groups in total. The lowest BCUT2D eigenvalue weighted by atomic mass is 10.2. The molecule has 0 radical (unpaired) electrons. The molecule has 0 fully saturated rings.